The topological polar surface area (TPSA) is 18.5 Å². The first kappa shape index (κ1) is 25.2. The minimum Gasteiger partial charge on any atom is -0.478 e. The Morgan fingerprint density at radius 2 is 1.08 bits per heavy atom. The van der Waals surface area contributed by atoms with Crippen LogP contribution >= 0.6 is 71.5 Å². The quantitative estimate of drug-likeness (QED) is 0.218. The Bertz CT molecular complexity index is 285. The minimum absolute atomic E-state index is 0.684. The Kier molecular flexibility index (Phi) is 21.5. The first-order valence-electron chi connectivity index (χ1n) is 8.45. The lowest BCUT2D eigenvalue weighted by molar-refractivity contribution is 0.350. The van der Waals surface area contributed by atoms with Crippen LogP contribution in [0, 0.1) is 0 Å². The molecule has 0 saturated heterocycles. The van der Waals surface area contributed by atoms with Crippen molar-refractivity contribution in [2.75, 3.05) is 47.7 Å². The number of hydrogen-bond acceptors (Lipinski definition) is 8. The predicted octanol–water partition coefficient (Wildman–Crippen LogP) is 6.12. The number of rotatable bonds is 15. The van der Waals surface area contributed by atoms with Crippen molar-refractivity contribution in [3.05, 3.63) is 0 Å². The van der Waals surface area contributed by atoms with Crippen LogP contribution in [-0.2, 0) is 9.47 Å². The Labute approximate surface area is 176 Å². The van der Waals surface area contributed by atoms with Gasteiger partial charge in [-0.25, -0.2) is 0 Å². The molecular weight excluding hydrogens is 417 g/mol. The number of ether oxygens (including phenoxy) is 2. The zero-order valence-corrected chi connectivity index (χ0v) is 19.7. The van der Waals surface area contributed by atoms with E-state index in [4.69, 9.17) is 33.9 Å². The van der Waals surface area contributed by atoms with Crippen molar-refractivity contribution in [1.82, 2.24) is 0 Å². The molecule has 0 aliphatic carbocycles. The minimum atomic E-state index is 0.684. The third-order valence-corrected chi connectivity index (χ3v) is 7.51. The second kappa shape index (κ2) is 20.5. The summed E-state index contributed by atoms with van der Waals surface area (Å²) in [5.74, 6) is 6.48. The van der Waals surface area contributed by atoms with Gasteiger partial charge in [-0.15, -0.1) is 0 Å². The molecule has 2 nitrogen and oxygen atoms in total. The zero-order valence-electron chi connectivity index (χ0n) is 14.8. The Balaban J connectivity index is 3.28. The van der Waals surface area contributed by atoms with E-state index in [1.807, 2.05) is 23.5 Å². The molecule has 0 heterocycles. The summed E-state index contributed by atoms with van der Waals surface area (Å²) in [5, 5.41) is 0. The molecule has 0 bridgehead atoms. The van der Waals surface area contributed by atoms with Crippen molar-refractivity contribution in [1.29, 1.82) is 0 Å². The molecule has 0 aliphatic heterocycles. The summed E-state index contributed by atoms with van der Waals surface area (Å²) in [6.45, 7) is 5.85. The lowest BCUT2D eigenvalue weighted by Gasteiger charge is -2.07. The SMILES string of the molecule is CCCSCCOC(=S)SCCCCSC(=S)OCCSCCC. The van der Waals surface area contributed by atoms with E-state index >= 15 is 0 Å². The number of thiocarbonyl (C=S) groups is 2. The van der Waals surface area contributed by atoms with E-state index in [0.717, 1.165) is 49.1 Å². The molecule has 0 spiro atoms. The summed E-state index contributed by atoms with van der Waals surface area (Å²) in [6.07, 6.45) is 4.68. The normalized spacial score (nSPS) is 10.6. The van der Waals surface area contributed by atoms with Gasteiger partial charge in [0.15, 0.2) is 0 Å². The van der Waals surface area contributed by atoms with E-state index in [-0.39, 0.29) is 0 Å². The van der Waals surface area contributed by atoms with Gasteiger partial charge in [0.25, 0.3) is 0 Å². The maximum Gasteiger partial charge on any atom is 0.219 e. The van der Waals surface area contributed by atoms with Crippen LogP contribution in [0.1, 0.15) is 39.5 Å². The molecular formula is C16H30O2S6. The molecule has 0 radical (unpaired) electrons. The fourth-order valence-electron chi connectivity index (χ4n) is 1.46. The van der Waals surface area contributed by atoms with Crippen molar-refractivity contribution >= 4 is 80.2 Å². The van der Waals surface area contributed by atoms with Gasteiger partial charge in [-0.3, -0.25) is 0 Å². The smallest absolute Gasteiger partial charge is 0.219 e. The lowest BCUT2D eigenvalue weighted by atomic mass is 10.4. The van der Waals surface area contributed by atoms with E-state index in [9.17, 15) is 0 Å². The van der Waals surface area contributed by atoms with Crippen LogP contribution in [0.25, 0.3) is 0 Å². The molecule has 24 heavy (non-hydrogen) atoms. The number of hydrogen-bond donors (Lipinski definition) is 0. The van der Waals surface area contributed by atoms with E-state index in [0.29, 0.717) is 8.77 Å². The molecule has 0 amide bonds. The number of unbranched alkanes of at least 4 members (excludes halogenated alkanes) is 1. The number of thioether (sulfide) groups is 4. The highest BCUT2D eigenvalue weighted by atomic mass is 32.2. The van der Waals surface area contributed by atoms with Gasteiger partial charge < -0.3 is 9.47 Å². The van der Waals surface area contributed by atoms with Crippen LogP contribution in [-0.4, -0.2) is 56.5 Å². The molecule has 142 valence electrons. The zero-order chi connectivity index (χ0) is 17.9. The second-order valence-corrected chi connectivity index (χ2v) is 10.7. The van der Waals surface area contributed by atoms with Crippen molar-refractivity contribution in [2.45, 2.75) is 39.5 Å². The molecule has 0 rings (SSSR count). The Morgan fingerprint density at radius 3 is 1.46 bits per heavy atom. The van der Waals surface area contributed by atoms with Crippen LogP contribution in [0.4, 0.5) is 0 Å². The molecule has 0 aromatic carbocycles. The van der Waals surface area contributed by atoms with Gasteiger partial charge in [0.1, 0.15) is 0 Å². The molecule has 0 aliphatic rings. The van der Waals surface area contributed by atoms with E-state index in [1.54, 1.807) is 23.5 Å². The summed E-state index contributed by atoms with van der Waals surface area (Å²) in [7, 11) is 0. The van der Waals surface area contributed by atoms with Gasteiger partial charge in [-0.2, -0.15) is 23.5 Å². The average Bonchev–Trinajstić information content (AvgIpc) is 2.57. The molecule has 0 aromatic heterocycles. The maximum absolute atomic E-state index is 5.53. The first-order valence-corrected chi connectivity index (χ1v) is 13.5. The molecule has 0 fully saturated rings. The van der Waals surface area contributed by atoms with Gasteiger partial charge in [0.05, 0.1) is 13.2 Å². The molecule has 0 aromatic rings. The molecule has 0 N–H and O–H groups in total. The van der Waals surface area contributed by atoms with Crippen LogP contribution in [0.2, 0.25) is 0 Å². The van der Waals surface area contributed by atoms with E-state index in [2.05, 4.69) is 13.8 Å². The highest BCUT2D eigenvalue weighted by Gasteiger charge is 2.01. The Morgan fingerprint density at radius 1 is 0.667 bits per heavy atom. The highest BCUT2D eigenvalue weighted by Crippen LogP contribution is 2.14. The van der Waals surface area contributed by atoms with Gasteiger partial charge >= 0.3 is 0 Å². The summed E-state index contributed by atoms with van der Waals surface area (Å²) >= 11 is 17.6. The third kappa shape index (κ3) is 19.5. The molecule has 0 atom stereocenters. The first-order chi connectivity index (χ1) is 11.7. The van der Waals surface area contributed by atoms with Crippen molar-refractivity contribution in [2.24, 2.45) is 0 Å². The van der Waals surface area contributed by atoms with Crippen LogP contribution in [0.3, 0.4) is 0 Å². The third-order valence-electron chi connectivity index (χ3n) is 2.57. The highest BCUT2D eigenvalue weighted by molar-refractivity contribution is 8.23. The van der Waals surface area contributed by atoms with Crippen molar-refractivity contribution < 1.29 is 9.47 Å². The van der Waals surface area contributed by atoms with Crippen molar-refractivity contribution in [3.63, 3.8) is 0 Å². The molecule has 8 heteroatoms. The fraction of sp³-hybridized carbons (Fsp3) is 0.875. The predicted molar refractivity (Wildman–Crippen MR) is 126 cm³/mol. The molecule has 0 saturated carbocycles. The van der Waals surface area contributed by atoms with Gasteiger partial charge in [0.2, 0.25) is 8.77 Å². The van der Waals surface area contributed by atoms with Crippen molar-refractivity contribution in [3.8, 4) is 0 Å². The van der Waals surface area contributed by atoms with Gasteiger partial charge in [-0.05, 0) is 61.6 Å². The monoisotopic (exact) mass is 446 g/mol. The summed E-state index contributed by atoms with van der Waals surface area (Å²) in [5.41, 5.74) is 0. The molecule has 0 unspecified atom stereocenters. The maximum atomic E-state index is 5.53. The van der Waals surface area contributed by atoms with Crippen LogP contribution in [0.5, 0.6) is 0 Å². The summed E-state index contributed by atoms with van der Waals surface area (Å²) < 4.78 is 12.4. The lowest BCUT2D eigenvalue weighted by Crippen LogP contribution is -2.04. The summed E-state index contributed by atoms with van der Waals surface area (Å²) in [4.78, 5) is 0. The average molecular weight is 447 g/mol. The Hall–Kier alpha value is 1.18. The van der Waals surface area contributed by atoms with E-state index in [1.165, 1.54) is 24.3 Å². The second-order valence-electron chi connectivity index (χ2n) is 4.83. The fourth-order valence-corrected chi connectivity index (χ4v) is 4.88. The standard InChI is InChI=1S/C16H30O2S6/c1-3-9-21-13-7-17-15(19)23-11-5-6-12-24-16(20)18-8-14-22-10-4-2/h3-14H2,1-2H3. The summed E-state index contributed by atoms with van der Waals surface area (Å²) in [6, 6.07) is 0. The van der Waals surface area contributed by atoms with Crippen LogP contribution < -0.4 is 0 Å². The van der Waals surface area contributed by atoms with Gasteiger partial charge in [-0.1, -0.05) is 37.4 Å². The largest absolute Gasteiger partial charge is 0.478 e. The van der Waals surface area contributed by atoms with Gasteiger partial charge in [0, 0.05) is 23.0 Å². The van der Waals surface area contributed by atoms with Crippen LogP contribution in [0.15, 0.2) is 0 Å². The van der Waals surface area contributed by atoms with E-state index < -0.39 is 0 Å².